The van der Waals surface area contributed by atoms with Crippen LogP contribution in [0.5, 0.6) is 0 Å². The molecule has 0 aliphatic heterocycles. The number of amides is 1. The standard InChI is InChI=1S/C13H21N3O2/c1-8-6-9(14)10(15)7-11(8)16(5)12(17)18-13(2,3)4/h6-7H,14-15H2,1-5H3. The Kier molecular flexibility index (Phi) is 3.74. The van der Waals surface area contributed by atoms with Crippen molar-refractivity contribution in [3.05, 3.63) is 17.7 Å². The number of hydrogen-bond donors (Lipinski definition) is 2. The summed E-state index contributed by atoms with van der Waals surface area (Å²) >= 11 is 0. The lowest BCUT2D eigenvalue weighted by molar-refractivity contribution is 0.0589. The van der Waals surface area contributed by atoms with Crippen molar-refractivity contribution >= 4 is 23.2 Å². The highest BCUT2D eigenvalue weighted by Crippen LogP contribution is 2.27. The second-order valence-electron chi connectivity index (χ2n) is 5.31. The van der Waals surface area contributed by atoms with Crippen LogP contribution >= 0.6 is 0 Å². The summed E-state index contributed by atoms with van der Waals surface area (Å²) in [5, 5.41) is 0. The smallest absolute Gasteiger partial charge is 0.414 e. The predicted octanol–water partition coefficient (Wildman–Crippen LogP) is 2.53. The van der Waals surface area contributed by atoms with Gasteiger partial charge in [-0.05, 0) is 45.4 Å². The van der Waals surface area contributed by atoms with Crippen LogP contribution in [0.4, 0.5) is 21.9 Å². The maximum absolute atomic E-state index is 11.9. The van der Waals surface area contributed by atoms with Crippen LogP contribution in [0.15, 0.2) is 12.1 Å². The van der Waals surface area contributed by atoms with Crippen LogP contribution in [-0.2, 0) is 4.74 Å². The van der Waals surface area contributed by atoms with E-state index in [1.54, 1.807) is 19.2 Å². The lowest BCUT2D eigenvalue weighted by Gasteiger charge is -2.26. The number of ether oxygens (including phenoxy) is 1. The molecule has 5 heteroatoms. The molecule has 1 aromatic carbocycles. The number of rotatable bonds is 1. The third kappa shape index (κ3) is 3.29. The first-order valence-electron chi connectivity index (χ1n) is 5.74. The van der Waals surface area contributed by atoms with Gasteiger partial charge in [-0.3, -0.25) is 4.90 Å². The molecule has 1 amide bonds. The number of benzene rings is 1. The molecule has 1 aromatic rings. The molecule has 0 aliphatic rings. The Hall–Kier alpha value is -1.91. The molecule has 5 nitrogen and oxygen atoms in total. The molecule has 0 saturated carbocycles. The van der Waals surface area contributed by atoms with Gasteiger partial charge in [0.1, 0.15) is 5.60 Å². The van der Waals surface area contributed by atoms with E-state index in [0.717, 1.165) is 5.56 Å². The SMILES string of the molecule is Cc1cc(N)c(N)cc1N(C)C(=O)OC(C)(C)C. The highest BCUT2D eigenvalue weighted by atomic mass is 16.6. The molecule has 0 spiro atoms. The fraction of sp³-hybridized carbons (Fsp3) is 0.462. The zero-order chi connectivity index (χ0) is 14.1. The Morgan fingerprint density at radius 1 is 1.22 bits per heavy atom. The van der Waals surface area contributed by atoms with Gasteiger partial charge in [0.25, 0.3) is 0 Å². The monoisotopic (exact) mass is 251 g/mol. The molecule has 4 N–H and O–H groups in total. The molecule has 0 aromatic heterocycles. The summed E-state index contributed by atoms with van der Waals surface area (Å²) in [6, 6.07) is 3.42. The Balaban J connectivity index is 3.01. The fourth-order valence-corrected chi connectivity index (χ4v) is 1.53. The third-order valence-electron chi connectivity index (χ3n) is 2.43. The number of aryl methyl sites for hydroxylation is 1. The Labute approximate surface area is 108 Å². The first kappa shape index (κ1) is 14.2. The van der Waals surface area contributed by atoms with Gasteiger partial charge in [-0.1, -0.05) is 0 Å². The van der Waals surface area contributed by atoms with Crippen LogP contribution < -0.4 is 16.4 Å². The zero-order valence-electron chi connectivity index (χ0n) is 11.6. The van der Waals surface area contributed by atoms with E-state index in [2.05, 4.69) is 0 Å². The van der Waals surface area contributed by atoms with Crippen molar-refractivity contribution in [2.24, 2.45) is 0 Å². The molecule has 1 rings (SSSR count). The van der Waals surface area contributed by atoms with E-state index in [1.165, 1.54) is 4.90 Å². The van der Waals surface area contributed by atoms with Gasteiger partial charge in [-0.25, -0.2) is 4.79 Å². The highest BCUT2D eigenvalue weighted by Gasteiger charge is 2.21. The second-order valence-corrected chi connectivity index (χ2v) is 5.31. The van der Waals surface area contributed by atoms with Gasteiger partial charge < -0.3 is 16.2 Å². The van der Waals surface area contributed by atoms with Crippen molar-refractivity contribution in [1.29, 1.82) is 0 Å². The second kappa shape index (κ2) is 4.76. The van der Waals surface area contributed by atoms with Gasteiger partial charge in [0.05, 0.1) is 17.1 Å². The van der Waals surface area contributed by atoms with Crippen LogP contribution in [0.1, 0.15) is 26.3 Å². The molecular formula is C13H21N3O2. The number of nitrogens with zero attached hydrogens (tertiary/aromatic N) is 1. The summed E-state index contributed by atoms with van der Waals surface area (Å²) in [4.78, 5) is 13.4. The average Bonchev–Trinajstić information content (AvgIpc) is 2.20. The average molecular weight is 251 g/mol. The van der Waals surface area contributed by atoms with Crippen molar-refractivity contribution in [2.45, 2.75) is 33.3 Å². The molecule has 0 bridgehead atoms. The third-order valence-corrected chi connectivity index (χ3v) is 2.43. The lowest BCUT2D eigenvalue weighted by atomic mass is 10.1. The topological polar surface area (TPSA) is 81.6 Å². The van der Waals surface area contributed by atoms with Crippen LogP contribution in [0.25, 0.3) is 0 Å². The van der Waals surface area contributed by atoms with Crippen molar-refractivity contribution in [3.63, 3.8) is 0 Å². The maximum Gasteiger partial charge on any atom is 0.414 e. The summed E-state index contributed by atoms with van der Waals surface area (Å²) in [7, 11) is 1.64. The number of hydrogen-bond acceptors (Lipinski definition) is 4. The number of anilines is 3. The Morgan fingerprint density at radius 2 is 1.72 bits per heavy atom. The Morgan fingerprint density at radius 3 is 2.22 bits per heavy atom. The van der Waals surface area contributed by atoms with Crippen LogP contribution in [-0.4, -0.2) is 18.7 Å². The quantitative estimate of drug-likeness (QED) is 0.751. The minimum absolute atomic E-state index is 0.422. The van der Waals surface area contributed by atoms with E-state index in [0.29, 0.717) is 17.1 Å². The highest BCUT2D eigenvalue weighted by molar-refractivity contribution is 5.90. The molecule has 0 atom stereocenters. The summed E-state index contributed by atoms with van der Waals surface area (Å²) in [6.45, 7) is 7.33. The molecule has 18 heavy (non-hydrogen) atoms. The molecule has 0 aliphatic carbocycles. The van der Waals surface area contributed by atoms with Crippen LogP contribution in [0.3, 0.4) is 0 Å². The first-order chi connectivity index (χ1) is 8.11. The van der Waals surface area contributed by atoms with Gasteiger partial charge in [-0.2, -0.15) is 0 Å². The van der Waals surface area contributed by atoms with Crippen molar-refractivity contribution in [2.75, 3.05) is 23.4 Å². The summed E-state index contributed by atoms with van der Waals surface area (Å²) in [6.07, 6.45) is -0.422. The number of nitrogens with two attached hydrogens (primary N) is 2. The maximum atomic E-state index is 11.9. The van der Waals surface area contributed by atoms with Gasteiger partial charge in [0.2, 0.25) is 0 Å². The molecule has 0 unspecified atom stereocenters. The first-order valence-corrected chi connectivity index (χ1v) is 5.74. The van der Waals surface area contributed by atoms with Gasteiger partial charge >= 0.3 is 6.09 Å². The lowest BCUT2D eigenvalue weighted by Crippen LogP contribution is -2.34. The van der Waals surface area contributed by atoms with Crippen LogP contribution in [0, 0.1) is 6.92 Å². The van der Waals surface area contributed by atoms with E-state index >= 15 is 0 Å². The molecular weight excluding hydrogens is 230 g/mol. The van der Waals surface area contributed by atoms with E-state index in [4.69, 9.17) is 16.2 Å². The Bertz CT molecular complexity index is 464. The number of nitrogen functional groups attached to an aromatic ring is 2. The van der Waals surface area contributed by atoms with E-state index in [9.17, 15) is 4.79 Å². The fourth-order valence-electron chi connectivity index (χ4n) is 1.53. The summed E-state index contributed by atoms with van der Waals surface area (Å²) in [5.41, 5.74) is 13.4. The largest absolute Gasteiger partial charge is 0.443 e. The molecule has 0 fully saturated rings. The van der Waals surface area contributed by atoms with Gasteiger partial charge in [-0.15, -0.1) is 0 Å². The van der Waals surface area contributed by atoms with E-state index < -0.39 is 11.7 Å². The van der Waals surface area contributed by atoms with Gasteiger partial charge in [0, 0.05) is 7.05 Å². The summed E-state index contributed by atoms with van der Waals surface area (Å²) in [5.74, 6) is 0. The minimum Gasteiger partial charge on any atom is -0.443 e. The van der Waals surface area contributed by atoms with Crippen molar-refractivity contribution in [3.8, 4) is 0 Å². The molecule has 100 valence electrons. The predicted molar refractivity (Wildman–Crippen MR) is 74.6 cm³/mol. The number of carbonyl (C=O) groups excluding carboxylic acids is 1. The zero-order valence-corrected chi connectivity index (χ0v) is 11.6. The molecule has 0 saturated heterocycles. The van der Waals surface area contributed by atoms with E-state index in [1.807, 2.05) is 27.7 Å². The summed E-state index contributed by atoms with van der Waals surface area (Å²) < 4.78 is 5.29. The normalized spacial score (nSPS) is 11.2. The number of carbonyl (C=O) groups is 1. The van der Waals surface area contributed by atoms with Crippen molar-refractivity contribution in [1.82, 2.24) is 0 Å². The molecule has 0 radical (unpaired) electrons. The van der Waals surface area contributed by atoms with Gasteiger partial charge in [0.15, 0.2) is 0 Å². The van der Waals surface area contributed by atoms with Crippen LogP contribution in [0.2, 0.25) is 0 Å². The van der Waals surface area contributed by atoms with E-state index in [-0.39, 0.29) is 0 Å². The molecule has 0 heterocycles. The minimum atomic E-state index is -0.529. The van der Waals surface area contributed by atoms with Crippen molar-refractivity contribution < 1.29 is 9.53 Å².